The van der Waals surface area contributed by atoms with Crippen LogP contribution < -0.4 is 42.5 Å². The van der Waals surface area contributed by atoms with Crippen molar-refractivity contribution in [2.24, 2.45) is 11.8 Å². The molecule has 2 aliphatic carbocycles. The van der Waals surface area contributed by atoms with Gasteiger partial charge in [0.15, 0.2) is 0 Å². The summed E-state index contributed by atoms with van der Waals surface area (Å²) in [5.41, 5.74) is 3.36. The van der Waals surface area contributed by atoms with E-state index in [4.69, 9.17) is 0 Å². The molecular weight excluding hydrogens is 1110 g/mol. The Morgan fingerprint density at radius 3 is 1.02 bits per heavy atom. The minimum atomic E-state index is -1.05. The number of amides is 8. The lowest BCUT2D eigenvalue weighted by molar-refractivity contribution is -0.143. The number of carbonyl (C=O) groups is 8. The van der Waals surface area contributed by atoms with Gasteiger partial charge in [-0.05, 0) is 126 Å². The van der Waals surface area contributed by atoms with E-state index in [1.165, 1.54) is 0 Å². The van der Waals surface area contributed by atoms with E-state index >= 15 is 0 Å². The summed E-state index contributed by atoms with van der Waals surface area (Å²) < 4.78 is 0. The Labute approximate surface area is 521 Å². The smallest absolute Gasteiger partial charge is 0.246 e. The highest BCUT2D eigenvalue weighted by molar-refractivity contribution is 5.97. The van der Waals surface area contributed by atoms with Crippen molar-refractivity contribution in [3.05, 3.63) is 144 Å². The summed E-state index contributed by atoms with van der Waals surface area (Å²) in [5.74, 6) is -3.84. The number of likely N-dealkylation sites (N-methyl/N-ethyl adjacent to an activating group) is 2. The van der Waals surface area contributed by atoms with E-state index < -0.39 is 72.0 Å². The Bertz CT molecular complexity index is 2620. The first-order chi connectivity index (χ1) is 42.8. The summed E-state index contributed by atoms with van der Waals surface area (Å²) >= 11 is 0. The van der Waals surface area contributed by atoms with Crippen molar-refractivity contribution in [1.82, 2.24) is 52.3 Å². The summed E-state index contributed by atoms with van der Waals surface area (Å²) in [4.78, 5) is 118. The zero-order valence-corrected chi connectivity index (χ0v) is 52.2. The first-order valence-corrected chi connectivity index (χ1v) is 32.7. The van der Waals surface area contributed by atoms with Gasteiger partial charge in [-0.3, -0.25) is 38.4 Å². The third-order valence-electron chi connectivity index (χ3n) is 18.9. The molecule has 18 nitrogen and oxygen atoms in total. The average molecular weight is 1210 g/mol. The molecule has 0 unspecified atom stereocenters. The van der Waals surface area contributed by atoms with Crippen molar-refractivity contribution in [2.45, 2.75) is 190 Å². The molecule has 8 N–H and O–H groups in total. The van der Waals surface area contributed by atoms with Gasteiger partial charge in [0, 0.05) is 38.0 Å². The van der Waals surface area contributed by atoms with E-state index in [0.717, 1.165) is 99.3 Å². The SMILES string of the molecule is CN[C@@H](C)C(=O)N[C@H](C(=O)N1CCC[C@H]1C(=O)N[C@H](C(=O)NCCCCCCNC(=O)[C@@H](NC(=O)[C@@H]1CCCN1C(=O)[C@H](NC(=O)[C@H](C)NC)C1CCCCC1)C(c1ccccc1)c1ccccc1)C(c1ccccc1)c1ccccc1)C1CCCCC1. The van der Waals surface area contributed by atoms with E-state index in [2.05, 4.69) is 42.5 Å². The predicted octanol–water partition coefficient (Wildman–Crippen LogP) is 6.74. The number of hydrogen-bond donors (Lipinski definition) is 8. The molecule has 4 aromatic rings. The molecule has 0 radical (unpaired) electrons. The third kappa shape index (κ3) is 17.7. The number of benzene rings is 4. The van der Waals surface area contributed by atoms with Crippen LogP contribution in [-0.4, -0.2) is 146 Å². The molecule has 2 saturated carbocycles. The van der Waals surface area contributed by atoms with Crippen LogP contribution in [0.1, 0.15) is 164 Å². The largest absolute Gasteiger partial charge is 0.354 e. The van der Waals surface area contributed by atoms with E-state index in [1.54, 1.807) is 37.7 Å². The normalized spacial score (nSPS) is 19.4. The Morgan fingerprint density at radius 2 is 0.716 bits per heavy atom. The summed E-state index contributed by atoms with van der Waals surface area (Å²) in [7, 11) is 3.41. The van der Waals surface area contributed by atoms with Crippen molar-refractivity contribution in [2.75, 3.05) is 40.3 Å². The first kappa shape index (κ1) is 66.5. The van der Waals surface area contributed by atoms with Crippen LogP contribution in [0.2, 0.25) is 0 Å². The van der Waals surface area contributed by atoms with Gasteiger partial charge < -0.3 is 52.3 Å². The fourth-order valence-electron chi connectivity index (χ4n) is 13.6. The molecule has 0 bridgehead atoms. The van der Waals surface area contributed by atoms with Gasteiger partial charge in [0.2, 0.25) is 47.3 Å². The van der Waals surface area contributed by atoms with E-state index in [1.807, 2.05) is 121 Å². The number of nitrogens with zero attached hydrogens (tertiary/aromatic N) is 2. The van der Waals surface area contributed by atoms with Crippen LogP contribution in [0.4, 0.5) is 0 Å². The van der Waals surface area contributed by atoms with E-state index in [0.29, 0.717) is 64.7 Å². The highest BCUT2D eigenvalue weighted by Gasteiger charge is 2.45. The maximum Gasteiger partial charge on any atom is 0.246 e. The Hall–Kier alpha value is -7.44. The number of nitrogens with one attached hydrogen (secondary N) is 8. The second-order valence-electron chi connectivity index (χ2n) is 24.7. The van der Waals surface area contributed by atoms with Gasteiger partial charge in [-0.25, -0.2) is 0 Å². The quantitative estimate of drug-likeness (QED) is 0.0267. The van der Waals surface area contributed by atoms with Gasteiger partial charge in [-0.1, -0.05) is 173 Å². The van der Waals surface area contributed by atoms with Crippen molar-refractivity contribution < 1.29 is 38.4 Å². The second-order valence-corrected chi connectivity index (χ2v) is 24.7. The third-order valence-corrected chi connectivity index (χ3v) is 18.9. The molecule has 8 atom stereocenters. The molecule has 8 amide bonds. The topological polar surface area (TPSA) is 239 Å². The standard InChI is InChI=1S/C70H96N10O8/c1-47(71-3)63(81)75-59(53-37-21-11-22-38-53)69(87)79-45-27-41-55(79)65(83)77-61(57(49-29-13-7-14-30-49)50-31-15-8-16-32-50)67(85)73-43-25-5-6-26-44-74-68(86)62(58(51-33-17-9-18-34-51)52-35-19-10-20-36-52)78-66(84)56-42-28-46-80(56)70(88)60(54-39-23-12-24-40-54)76-64(82)48(2)72-4/h7-10,13-20,29-36,47-48,53-62,71-72H,5-6,11-12,21-28,37-46H2,1-4H3,(H,73,85)(H,74,86)(H,75,81)(H,76,82)(H,77,83)(H,78,84)/t47-,48-,55-,56-,59-,60+,61-,62-/m0/s1. The molecule has 0 aromatic heterocycles. The molecule has 4 fully saturated rings. The van der Waals surface area contributed by atoms with Crippen molar-refractivity contribution >= 4 is 47.3 Å². The fraction of sp³-hybridized carbons (Fsp3) is 0.543. The maximum absolute atomic E-state index is 14.8. The minimum Gasteiger partial charge on any atom is -0.354 e. The van der Waals surface area contributed by atoms with Gasteiger partial charge in [0.25, 0.3) is 0 Å². The lowest BCUT2D eigenvalue weighted by atomic mass is 9.83. The molecule has 18 heteroatoms. The zero-order valence-electron chi connectivity index (χ0n) is 52.2. The van der Waals surface area contributed by atoms with Crippen LogP contribution in [-0.2, 0) is 38.4 Å². The minimum absolute atomic E-state index is 0.0457. The summed E-state index contributed by atoms with van der Waals surface area (Å²) in [5, 5.41) is 24.7. The molecular formula is C70H96N10O8. The molecule has 4 aliphatic rings. The molecule has 0 spiro atoms. The Morgan fingerprint density at radius 1 is 0.398 bits per heavy atom. The highest BCUT2D eigenvalue weighted by Crippen LogP contribution is 2.34. The highest BCUT2D eigenvalue weighted by atomic mass is 16.2. The van der Waals surface area contributed by atoms with Gasteiger partial charge in [-0.2, -0.15) is 0 Å². The van der Waals surface area contributed by atoms with Gasteiger partial charge >= 0.3 is 0 Å². The second kappa shape index (κ2) is 33.8. The molecule has 88 heavy (non-hydrogen) atoms. The van der Waals surface area contributed by atoms with Crippen LogP contribution in [0.25, 0.3) is 0 Å². The average Bonchev–Trinajstić information content (AvgIpc) is 4.40. The van der Waals surface area contributed by atoms with E-state index in [9.17, 15) is 38.4 Å². The van der Waals surface area contributed by atoms with Crippen molar-refractivity contribution in [1.29, 1.82) is 0 Å². The Kier molecular flexibility index (Phi) is 25.5. The molecule has 2 heterocycles. The lowest BCUT2D eigenvalue weighted by Gasteiger charge is -2.36. The van der Waals surface area contributed by atoms with Gasteiger partial charge in [0.05, 0.1) is 12.1 Å². The number of likely N-dealkylation sites (tertiary alicyclic amines) is 2. The Balaban J connectivity index is 0.921. The number of unbranched alkanes of at least 4 members (excludes halogenated alkanes) is 3. The molecule has 474 valence electrons. The molecule has 2 aliphatic heterocycles. The molecule has 4 aromatic carbocycles. The van der Waals surface area contributed by atoms with E-state index in [-0.39, 0.29) is 47.3 Å². The van der Waals surface area contributed by atoms with Crippen LogP contribution in [0, 0.1) is 11.8 Å². The van der Waals surface area contributed by atoms with Gasteiger partial charge in [0.1, 0.15) is 36.3 Å². The summed E-state index contributed by atoms with van der Waals surface area (Å²) in [6.45, 7) is 4.88. The zero-order chi connectivity index (χ0) is 62.4. The van der Waals surface area contributed by atoms with Crippen molar-refractivity contribution in [3.63, 3.8) is 0 Å². The summed E-state index contributed by atoms with van der Waals surface area (Å²) in [6, 6.07) is 32.3. The monoisotopic (exact) mass is 1200 g/mol. The number of carbonyl (C=O) groups excluding carboxylic acids is 8. The molecule has 2 saturated heterocycles. The summed E-state index contributed by atoms with van der Waals surface area (Å²) in [6.07, 6.45) is 14.0. The van der Waals surface area contributed by atoms with Crippen LogP contribution in [0.3, 0.4) is 0 Å². The lowest BCUT2D eigenvalue weighted by Crippen LogP contribution is -2.59. The van der Waals surface area contributed by atoms with Crippen LogP contribution in [0.5, 0.6) is 0 Å². The fourth-order valence-corrected chi connectivity index (χ4v) is 13.6. The number of rotatable bonds is 29. The number of hydrogen-bond acceptors (Lipinski definition) is 10. The predicted molar refractivity (Wildman–Crippen MR) is 341 cm³/mol. The molecule has 8 rings (SSSR count). The maximum atomic E-state index is 14.8. The van der Waals surface area contributed by atoms with Crippen LogP contribution in [0.15, 0.2) is 121 Å². The van der Waals surface area contributed by atoms with Gasteiger partial charge in [-0.15, -0.1) is 0 Å². The van der Waals surface area contributed by atoms with Crippen molar-refractivity contribution in [3.8, 4) is 0 Å². The first-order valence-electron chi connectivity index (χ1n) is 32.7. The van der Waals surface area contributed by atoms with Crippen LogP contribution >= 0.6 is 0 Å².